The number of hydrogen-bond donors (Lipinski definition) is 3. The predicted octanol–water partition coefficient (Wildman–Crippen LogP) is 0.922. The zero-order chi connectivity index (χ0) is 13.2. The summed E-state index contributed by atoms with van der Waals surface area (Å²) < 4.78 is 0. The van der Waals surface area contributed by atoms with Crippen LogP contribution in [0, 0.1) is 0 Å². The second-order valence-electron chi connectivity index (χ2n) is 5.02. The summed E-state index contributed by atoms with van der Waals surface area (Å²) in [5, 5.41) is 3.08. The molecule has 0 atom stereocenters. The summed E-state index contributed by atoms with van der Waals surface area (Å²) >= 11 is 0. The molecule has 2 aromatic rings. The summed E-state index contributed by atoms with van der Waals surface area (Å²) in [6.45, 7) is 5.24. The Balaban J connectivity index is 2.28. The number of H-pyrrole nitrogens is 2. The van der Waals surface area contributed by atoms with E-state index in [0.717, 1.165) is 22.9 Å². The lowest BCUT2D eigenvalue weighted by molar-refractivity contribution is -0.107. The van der Waals surface area contributed by atoms with Gasteiger partial charge in [-0.25, -0.2) is 4.79 Å². The number of aromatic nitrogens is 2. The normalized spacial score (nSPS) is 11.9. The standard InChI is InChI=1S/C13H17N3O2/c1-13(2,8-14-5-6-17)9-3-4-10-11(7-9)16-12(18)15-10/h3-4,6-7,14H,5,8H2,1-2H3,(H2,15,16,18). The lowest BCUT2D eigenvalue weighted by Gasteiger charge is -2.25. The van der Waals surface area contributed by atoms with Crippen LogP contribution in [0.3, 0.4) is 0 Å². The summed E-state index contributed by atoms with van der Waals surface area (Å²) in [5.74, 6) is 0. The van der Waals surface area contributed by atoms with Crippen molar-refractivity contribution in [2.24, 2.45) is 0 Å². The van der Waals surface area contributed by atoms with Gasteiger partial charge in [-0.3, -0.25) is 0 Å². The first-order valence-electron chi connectivity index (χ1n) is 5.90. The van der Waals surface area contributed by atoms with Gasteiger partial charge in [0.2, 0.25) is 0 Å². The Bertz CT molecular complexity index is 610. The third-order valence-corrected chi connectivity index (χ3v) is 3.09. The molecule has 0 aliphatic carbocycles. The van der Waals surface area contributed by atoms with E-state index in [4.69, 9.17) is 0 Å². The van der Waals surface area contributed by atoms with Gasteiger partial charge in [-0.2, -0.15) is 0 Å². The first-order valence-corrected chi connectivity index (χ1v) is 5.90. The maximum atomic E-state index is 11.2. The average Bonchev–Trinajstić information content (AvgIpc) is 2.68. The minimum atomic E-state index is -0.195. The third kappa shape index (κ3) is 2.51. The fraction of sp³-hybridized carbons (Fsp3) is 0.385. The van der Waals surface area contributed by atoms with Gasteiger partial charge in [0.05, 0.1) is 17.6 Å². The highest BCUT2D eigenvalue weighted by Crippen LogP contribution is 2.24. The predicted molar refractivity (Wildman–Crippen MR) is 70.9 cm³/mol. The molecule has 0 radical (unpaired) electrons. The monoisotopic (exact) mass is 247 g/mol. The Labute approximate surface area is 105 Å². The van der Waals surface area contributed by atoms with Crippen LogP contribution in [0.4, 0.5) is 0 Å². The molecular formula is C13H17N3O2. The van der Waals surface area contributed by atoms with Crippen LogP contribution in [0.15, 0.2) is 23.0 Å². The highest BCUT2D eigenvalue weighted by atomic mass is 16.1. The van der Waals surface area contributed by atoms with Gasteiger partial charge in [0.1, 0.15) is 6.29 Å². The van der Waals surface area contributed by atoms with E-state index in [2.05, 4.69) is 29.1 Å². The molecule has 18 heavy (non-hydrogen) atoms. The molecule has 2 rings (SSSR count). The first kappa shape index (κ1) is 12.6. The minimum absolute atomic E-state index is 0.106. The van der Waals surface area contributed by atoms with Crippen molar-refractivity contribution in [3.63, 3.8) is 0 Å². The van der Waals surface area contributed by atoms with E-state index in [1.54, 1.807) is 0 Å². The van der Waals surface area contributed by atoms with E-state index < -0.39 is 0 Å². The molecule has 0 aliphatic heterocycles. The zero-order valence-corrected chi connectivity index (χ0v) is 10.5. The molecule has 0 saturated carbocycles. The number of fused-ring (bicyclic) bond motifs is 1. The topological polar surface area (TPSA) is 77.8 Å². The Morgan fingerprint density at radius 1 is 1.28 bits per heavy atom. The van der Waals surface area contributed by atoms with E-state index in [0.29, 0.717) is 13.1 Å². The van der Waals surface area contributed by atoms with Gasteiger partial charge in [0.25, 0.3) is 0 Å². The number of imidazole rings is 1. The molecule has 3 N–H and O–H groups in total. The van der Waals surface area contributed by atoms with Gasteiger partial charge in [-0.15, -0.1) is 0 Å². The van der Waals surface area contributed by atoms with Gasteiger partial charge in [0, 0.05) is 12.0 Å². The summed E-state index contributed by atoms with van der Waals surface area (Å²) in [5.41, 5.74) is 2.43. The minimum Gasteiger partial charge on any atom is -0.309 e. The van der Waals surface area contributed by atoms with Gasteiger partial charge in [0.15, 0.2) is 0 Å². The number of hydrogen-bond acceptors (Lipinski definition) is 3. The molecule has 1 aromatic carbocycles. The number of nitrogens with one attached hydrogen (secondary N) is 3. The molecule has 5 heteroatoms. The summed E-state index contributed by atoms with van der Waals surface area (Å²) in [7, 11) is 0. The van der Waals surface area contributed by atoms with E-state index in [1.165, 1.54) is 0 Å². The van der Waals surface area contributed by atoms with E-state index in [-0.39, 0.29) is 11.1 Å². The van der Waals surface area contributed by atoms with Crippen LogP contribution in [0.2, 0.25) is 0 Å². The summed E-state index contributed by atoms with van der Waals surface area (Å²) in [6, 6.07) is 5.86. The fourth-order valence-corrected chi connectivity index (χ4v) is 2.00. The lowest BCUT2D eigenvalue weighted by Crippen LogP contribution is -2.33. The van der Waals surface area contributed by atoms with E-state index >= 15 is 0 Å². The summed E-state index contributed by atoms with van der Waals surface area (Å²) in [4.78, 5) is 27.0. The molecule has 0 aliphatic rings. The molecular weight excluding hydrogens is 230 g/mol. The average molecular weight is 247 g/mol. The molecule has 96 valence electrons. The molecule has 5 nitrogen and oxygen atoms in total. The van der Waals surface area contributed by atoms with Crippen LogP contribution < -0.4 is 11.0 Å². The maximum Gasteiger partial charge on any atom is 0.323 e. The molecule has 0 bridgehead atoms. The Morgan fingerprint density at radius 3 is 2.72 bits per heavy atom. The Hall–Kier alpha value is -1.88. The number of aromatic amines is 2. The first-order chi connectivity index (χ1) is 8.53. The lowest BCUT2D eigenvalue weighted by atomic mass is 9.84. The van der Waals surface area contributed by atoms with Gasteiger partial charge >= 0.3 is 5.69 Å². The highest BCUT2D eigenvalue weighted by Gasteiger charge is 2.20. The van der Waals surface area contributed by atoms with Crippen molar-refractivity contribution in [3.05, 3.63) is 34.2 Å². The SMILES string of the molecule is CC(C)(CNCC=O)c1ccc2[nH]c(=O)[nH]c2c1. The molecule has 0 unspecified atom stereocenters. The van der Waals surface area contributed by atoms with Crippen LogP contribution in [-0.4, -0.2) is 29.3 Å². The fourth-order valence-electron chi connectivity index (χ4n) is 2.00. The Morgan fingerprint density at radius 2 is 2.00 bits per heavy atom. The summed E-state index contributed by atoms with van der Waals surface area (Å²) in [6.07, 6.45) is 0.850. The second kappa shape index (κ2) is 4.78. The maximum absolute atomic E-state index is 11.2. The zero-order valence-electron chi connectivity index (χ0n) is 10.5. The van der Waals surface area contributed by atoms with Crippen LogP contribution in [0.25, 0.3) is 11.0 Å². The molecule has 0 amide bonds. The van der Waals surface area contributed by atoms with Gasteiger partial charge in [-0.1, -0.05) is 19.9 Å². The van der Waals surface area contributed by atoms with Crippen molar-refractivity contribution in [2.45, 2.75) is 19.3 Å². The van der Waals surface area contributed by atoms with Crippen LogP contribution in [0.5, 0.6) is 0 Å². The third-order valence-electron chi connectivity index (χ3n) is 3.09. The van der Waals surface area contributed by atoms with E-state index in [1.807, 2.05) is 18.2 Å². The molecule has 1 heterocycles. The quantitative estimate of drug-likeness (QED) is 0.543. The molecule has 0 spiro atoms. The molecule has 0 saturated heterocycles. The van der Waals surface area contributed by atoms with Crippen molar-refractivity contribution in [1.82, 2.24) is 15.3 Å². The van der Waals surface area contributed by atoms with Crippen molar-refractivity contribution >= 4 is 17.3 Å². The Kier molecular flexibility index (Phi) is 3.34. The van der Waals surface area contributed by atoms with E-state index in [9.17, 15) is 9.59 Å². The molecule has 1 aromatic heterocycles. The largest absolute Gasteiger partial charge is 0.323 e. The van der Waals surface area contributed by atoms with Crippen molar-refractivity contribution < 1.29 is 4.79 Å². The highest BCUT2D eigenvalue weighted by molar-refractivity contribution is 5.75. The number of carbonyl (C=O) groups excluding carboxylic acids is 1. The van der Waals surface area contributed by atoms with Crippen LogP contribution in [-0.2, 0) is 10.2 Å². The van der Waals surface area contributed by atoms with Crippen molar-refractivity contribution in [1.29, 1.82) is 0 Å². The van der Waals surface area contributed by atoms with Gasteiger partial charge < -0.3 is 20.1 Å². The number of rotatable bonds is 5. The second-order valence-corrected chi connectivity index (χ2v) is 5.02. The van der Waals surface area contributed by atoms with Crippen LogP contribution in [0.1, 0.15) is 19.4 Å². The number of benzene rings is 1. The molecule has 0 fully saturated rings. The van der Waals surface area contributed by atoms with Crippen LogP contribution >= 0.6 is 0 Å². The smallest absolute Gasteiger partial charge is 0.309 e. The number of aldehydes is 1. The van der Waals surface area contributed by atoms with Crippen molar-refractivity contribution in [3.8, 4) is 0 Å². The van der Waals surface area contributed by atoms with Gasteiger partial charge in [-0.05, 0) is 17.7 Å². The number of carbonyl (C=O) groups is 1. The van der Waals surface area contributed by atoms with Crippen molar-refractivity contribution in [2.75, 3.05) is 13.1 Å².